The molecule has 0 aliphatic carbocycles. The van der Waals surface area contributed by atoms with Crippen molar-refractivity contribution in [2.24, 2.45) is 0 Å². The maximum atomic E-state index is 12.4. The second-order valence-corrected chi connectivity index (χ2v) is 16.8. The van der Waals surface area contributed by atoms with E-state index in [1.807, 2.05) is 6.08 Å². The maximum Gasteiger partial charge on any atom is 0.305 e. The molecule has 1 amide bonds. The SMILES string of the molecule is CCCCC/C=C\C/C=C\CCCCCCCCCC(=O)OCCCCCCCCCCCC(=O)NC(CO)C(O)/C=C/CCCCCCCCCCCCCC. The predicted octanol–water partition coefficient (Wildman–Crippen LogP) is 14.5. The molecule has 0 aromatic rings. The van der Waals surface area contributed by atoms with Crippen molar-refractivity contribution >= 4 is 11.9 Å². The number of hydrogen-bond donors (Lipinski definition) is 3. The van der Waals surface area contributed by atoms with E-state index in [0.717, 1.165) is 64.2 Å². The number of esters is 1. The number of ether oxygens (including phenoxy) is 1. The molecular formula is C51H95NO5. The number of carbonyl (C=O) groups excluding carboxylic acids is 2. The number of nitrogens with one attached hydrogen (secondary N) is 1. The summed E-state index contributed by atoms with van der Waals surface area (Å²) >= 11 is 0. The van der Waals surface area contributed by atoms with Crippen LogP contribution in [0.3, 0.4) is 0 Å². The van der Waals surface area contributed by atoms with Crippen LogP contribution >= 0.6 is 0 Å². The Hall–Kier alpha value is -1.92. The van der Waals surface area contributed by atoms with Crippen LogP contribution in [-0.2, 0) is 14.3 Å². The smallest absolute Gasteiger partial charge is 0.305 e. The monoisotopic (exact) mass is 802 g/mol. The minimum atomic E-state index is -0.862. The fourth-order valence-corrected chi connectivity index (χ4v) is 7.31. The van der Waals surface area contributed by atoms with E-state index in [2.05, 4.69) is 43.5 Å². The van der Waals surface area contributed by atoms with Gasteiger partial charge in [0.25, 0.3) is 0 Å². The van der Waals surface area contributed by atoms with Gasteiger partial charge in [-0.15, -0.1) is 0 Å². The molecular weight excluding hydrogens is 707 g/mol. The Balaban J connectivity index is 3.53. The average molecular weight is 802 g/mol. The molecule has 6 nitrogen and oxygen atoms in total. The third kappa shape index (κ3) is 43.5. The Morgan fingerprint density at radius 2 is 0.877 bits per heavy atom. The second-order valence-electron chi connectivity index (χ2n) is 16.8. The normalized spacial score (nSPS) is 13.0. The third-order valence-corrected chi connectivity index (χ3v) is 11.2. The molecule has 0 spiro atoms. The van der Waals surface area contributed by atoms with Crippen molar-refractivity contribution in [2.75, 3.05) is 13.2 Å². The van der Waals surface area contributed by atoms with Crippen LogP contribution in [0.1, 0.15) is 251 Å². The Bertz CT molecular complexity index is 931. The number of aliphatic hydroxyl groups is 2. The van der Waals surface area contributed by atoms with Crippen LogP contribution in [0.4, 0.5) is 0 Å². The predicted molar refractivity (Wildman–Crippen MR) is 246 cm³/mol. The average Bonchev–Trinajstić information content (AvgIpc) is 3.21. The van der Waals surface area contributed by atoms with E-state index in [1.165, 1.54) is 161 Å². The summed E-state index contributed by atoms with van der Waals surface area (Å²) in [5.74, 6) is -0.133. The van der Waals surface area contributed by atoms with E-state index in [4.69, 9.17) is 4.74 Å². The first-order chi connectivity index (χ1) is 28.0. The summed E-state index contributed by atoms with van der Waals surface area (Å²) in [4.78, 5) is 24.4. The molecule has 2 unspecified atom stereocenters. The minimum Gasteiger partial charge on any atom is -0.466 e. The number of carbonyl (C=O) groups is 2. The van der Waals surface area contributed by atoms with Crippen LogP contribution in [0.15, 0.2) is 36.5 Å². The number of unbranched alkanes of at least 4 members (excludes halogenated alkanes) is 30. The molecule has 3 N–H and O–H groups in total. The van der Waals surface area contributed by atoms with Crippen molar-refractivity contribution in [1.29, 1.82) is 0 Å². The standard InChI is InChI=1S/C51H95NO5/c1-3-5-7-9-11-13-15-17-19-20-21-23-25-29-33-37-41-45-51(56)57-46-42-38-34-30-26-28-32-36-40-44-50(55)52-48(47-53)49(54)43-39-35-31-27-24-22-18-16-14-12-10-8-6-4-2/h11,13,17,19,39,43,48-49,53-54H,3-10,12,14-16,18,20-38,40-42,44-47H2,1-2H3,(H,52,55)/b13-11-,19-17-,43-39+. The van der Waals surface area contributed by atoms with E-state index in [0.29, 0.717) is 19.4 Å². The summed E-state index contributed by atoms with van der Waals surface area (Å²) in [6.07, 6.45) is 55.6. The second kappa shape index (κ2) is 46.8. The zero-order chi connectivity index (χ0) is 41.5. The van der Waals surface area contributed by atoms with Crippen LogP contribution in [0, 0.1) is 0 Å². The summed E-state index contributed by atoms with van der Waals surface area (Å²) in [6.45, 7) is 4.80. The summed E-state index contributed by atoms with van der Waals surface area (Å²) in [7, 11) is 0. The number of rotatable bonds is 45. The van der Waals surface area contributed by atoms with Gasteiger partial charge in [0.05, 0.1) is 25.4 Å². The van der Waals surface area contributed by atoms with E-state index in [1.54, 1.807) is 6.08 Å². The summed E-state index contributed by atoms with van der Waals surface area (Å²) in [5.41, 5.74) is 0. The third-order valence-electron chi connectivity index (χ3n) is 11.2. The van der Waals surface area contributed by atoms with Crippen LogP contribution in [0.5, 0.6) is 0 Å². The lowest BCUT2D eigenvalue weighted by Gasteiger charge is -2.20. The topological polar surface area (TPSA) is 95.9 Å². The van der Waals surface area contributed by atoms with Crippen LogP contribution in [0.2, 0.25) is 0 Å². The molecule has 0 aromatic carbocycles. The molecule has 334 valence electrons. The van der Waals surface area contributed by atoms with Crippen molar-refractivity contribution in [3.63, 3.8) is 0 Å². The molecule has 57 heavy (non-hydrogen) atoms. The van der Waals surface area contributed by atoms with Gasteiger partial charge in [-0.25, -0.2) is 0 Å². The number of aliphatic hydroxyl groups excluding tert-OH is 2. The summed E-state index contributed by atoms with van der Waals surface area (Å²) in [6, 6.07) is -0.648. The van der Waals surface area contributed by atoms with Gasteiger partial charge in [0.1, 0.15) is 0 Å². The van der Waals surface area contributed by atoms with Gasteiger partial charge in [-0.3, -0.25) is 9.59 Å². The fourth-order valence-electron chi connectivity index (χ4n) is 7.31. The van der Waals surface area contributed by atoms with Gasteiger partial charge in [-0.1, -0.05) is 211 Å². The highest BCUT2D eigenvalue weighted by Crippen LogP contribution is 2.15. The molecule has 2 atom stereocenters. The zero-order valence-electron chi connectivity index (χ0n) is 37.8. The Labute approximate surface area is 353 Å². The molecule has 0 saturated heterocycles. The first kappa shape index (κ1) is 55.1. The van der Waals surface area contributed by atoms with Crippen LogP contribution in [0.25, 0.3) is 0 Å². The summed E-state index contributed by atoms with van der Waals surface area (Å²) < 4.78 is 5.45. The molecule has 0 bridgehead atoms. The van der Waals surface area contributed by atoms with E-state index >= 15 is 0 Å². The lowest BCUT2D eigenvalue weighted by atomic mass is 10.0. The highest BCUT2D eigenvalue weighted by Gasteiger charge is 2.18. The zero-order valence-corrected chi connectivity index (χ0v) is 37.8. The van der Waals surface area contributed by atoms with Crippen molar-refractivity contribution in [2.45, 2.75) is 264 Å². The van der Waals surface area contributed by atoms with Crippen molar-refractivity contribution in [3.8, 4) is 0 Å². The van der Waals surface area contributed by atoms with Crippen LogP contribution < -0.4 is 5.32 Å². The molecule has 0 heterocycles. The van der Waals surface area contributed by atoms with E-state index < -0.39 is 12.1 Å². The number of hydrogen-bond acceptors (Lipinski definition) is 5. The molecule has 0 saturated carbocycles. The largest absolute Gasteiger partial charge is 0.466 e. The van der Waals surface area contributed by atoms with Gasteiger partial charge in [-0.2, -0.15) is 0 Å². The first-order valence-corrected chi connectivity index (χ1v) is 24.8. The van der Waals surface area contributed by atoms with Crippen LogP contribution in [-0.4, -0.2) is 47.4 Å². The quantitative estimate of drug-likeness (QED) is 0.0324. The molecule has 0 aromatic heterocycles. The maximum absolute atomic E-state index is 12.4. The summed E-state index contributed by atoms with van der Waals surface area (Å²) in [5, 5.41) is 23.0. The van der Waals surface area contributed by atoms with Gasteiger partial charge in [0, 0.05) is 12.8 Å². The lowest BCUT2D eigenvalue weighted by Crippen LogP contribution is -2.45. The number of amides is 1. The minimum absolute atomic E-state index is 0.0357. The van der Waals surface area contributed by atoms with E-state index in [9.17, 15) is 19.8 Å². The molecule has 0 rings (SSSR count). The van der Waals surface area contributed by atoms with Crippen molar-refractivity contribution < 1.29 is 24.5 Å². The van der Waals surface area contributed by atoms with Crippen molar-refractivity contribution in [1.82, 2.24) is 5.32 Å². The van der Waals surface area contributed by atoms with Gasteiger partial charge in [0.15, 0.2) is 0 Å². The fraction of sp³-hybridized carbons (Fsp3) is 0.843. The molecule has 0 radical (unpaired) electrons. The number of allylic oxidation sites excluding steroid dienone is 5. The first-order valence-electron chi connectivity index (χ1n) is 24.8. The molecule has 0 fully saturated rings. The van der Waals surface area contributed by atoms with Gasteiger partial charge < -0.3 is 20.3 Å². The Morgan fingerprint density at radius 1 is 0.491 bits per heavy atom. The van der Waals surface area contributed by atoms with E-state index in [-0.39, 0.29) is 18.5 Å². The highest BCUT2D eigenvalue weighted by atomic mass is 16.5. The highest BCUT2D eigenvalue weighted by molar-refractivity contribution is 5.76. The molecule has 0 aliphatic rings. The lowest BCUT2D eigenvalue weighted by molar-refractivity contribution is -0.143. The van der Waals surface area contributed by atoms with Gasteiger partial charge in [-0.05, 0) is 64.2 Å². The Morgan fingerprint density at radius 3 is 1.37 bits per heavy atom. The Kier molecular flexibility index (Phi) is 45.2. The van der Waals surface area contributed by atoms with Gasteiger partial charge in [0.2, 0.25) is 5.91 Å². The molecule has 0 aliphatic heterocycles. The molecule has 6 heteroatoms. The van der Waals surface area contributed by atoms with Crippen molar-refractivity contribution in [3.05, 3.63) is 36.5 Å². The van der Waals surface area contributed by atoms with Gasteiger partial charge >= 0.3 is 5.97 Å².